The molecule has 0 spiro atoms. The predicted molar refractivity (Wildman–Crippen MR) is 106 cm³/mol. The lowest BCUT2D eigenvalue weighted by Crippen LogP contribution is -2.41. The first-order chi connectivity index (χ1) is 12.5. The summed E-state index contributed by atoms with van der Waals surface area (Å²) in [4.78, 5) is 14.5. The maximum atomic E-state index is 12.5. The Morgan fingerprint density at radius 1 is 1.00 bits per heavy atom. The van der Waals surface area contributed by atoms with Crippen LogP contribution in [-0.2, 0) is 11.2 Å². The highest BCUT2D eigenvalue weighted by atomic mass is 16.5. The average Bonchev–Trinajstić information content (AvgIpc) is 2.66. The Balaban J connectivity index is 1.49. The number of nitrogens with zero attached hydrogens (tertiary/aromatic N) is 1. The predicted octanol–water partition coefficient (Wildman–Crippen LogP) is 4.47. The molecule has 0 N–H and O–H groups in total. The maximum absolute atomic E-state index is 12.5. The first kappa shape index (κ1) is 18.5. The lowest BCUT2D eigenvalue weighted by Gasteiger charge is -2.32. The van der Waals surface area contributed by atoms with Crippen LogP contribution in [0, 0.1) is 26.7 Å². The van der Waals surface area contributed by atoms with E-state index in [0.29, 0.717) is 5.92 Å². The van der Waals surface area contributed by atoms with Gasteiger partial charge in [-0.25, -0.2) is 0 Å². The largest absolute Gasteiger partial charge is 0.483 e. The van der Waals surface area contributed by atoms with E-state index in [1.54, 1.807) is 0 Å². The van der Waals surface area contributed by atoms with Gasteiger partial charge in [-0.15, -0.1) is 0 Å². The third-order valence-electron chi connectivity index (χ3n) is 5.55. The minimum absolute atomic E-state index is 0.100. The third-order valence-corrected chi connectivity index (χ3v) is 5.55. The van der Waals surface area contributed by atoms with Gasteiger partial charge in [-0.1, -0.05) is 42.5 Å². The molecule has 0 aliphatic carbocycles. The molecule has 3 rings (SSSR count). The number of piperidine rings is 1. The van der Waals surface area contributed by atoms with Gasteiger partial charge in [0.1, 0.15) is 5.75 Å². The van der Waals surface area contributed by atoms with Crippen molar-refractivity contribution in [1.82, 2.24) is 4.90 Å². The fraction of sp³-hybridized carbons (Fsp3) is 0.435. The summed E-state index contributed by atoms with van der Waals surface area (Å²) >= 11 is 0. The molecule has 1 aliphatic heterocycles. The molecule has 1 aliphatic rings. The molecule has 0 saturated carbocycles. The Morgan fingerprint density at radius 2 is 1.65 bits per heavy atom. The van der Waals surface area contributed by atoms with Crippen LogP contribution < -0.4 is 4.74 Å². The second kappa shape index (κ2) is 8.39. The smallest absolute Gasteiger partial charge is 0.260 e. The van der Waals surface area contributed by atoms with E-state index in [-0.39, 0.29) is 12.5 Å². The summed E-state index contributed by atoms with van der Waals surface area (Å²) in [7, 11) is 0. The molecule has 138 valence electrons. The van der Waals surface area contributed by atoms with E-state index in [2.05, 4.69) is 56.3 Å². The van der Waals surface area contributed by atoms with Crippen molar-refractivity contribution in [3.05, 3.63) is 64.7 Å². The Hall–Kier alpha value is -2.29. The lowest BCUT2D eigenvalue weighted by molar-refractivity contribution is -0.134. The fourth-order valence-electron chi connectivity index (χ4n) is 3.71. The molecule has 0 atom stereocenters. The van der Waals surface area contributed by atoms with Gasteiger partial charge in [0.2, 0.25) is 0 Å². The van der Waals surface area contributed by atoms with Crippen molar-refractivity contribution in [1.29, 1.82) is 0 Å². The molecule has 1 amide bonds. The van der Waals surface area contributed by atoms with Crippen LogP contribution >= 0.6 is 0 Å². The highest BCUT2D eigenvalue weighted by molar-refractivity contribution is 5.78. The Bertz CT molecular complexity index is 746. The molecular formula is C23H29NO2. The van der Waals surface area contributed by atoms with E-state index >= 15 is 0 Å². The van der Waals surface area contributed by atoms with Crippen LogP contribution in [0.25, 0.3) is 0 Å². The second-order valence-electron chi connectivity index (χ2n) is 7.46. The summed E-state index contributed by atoms with van der Waals surface area (Å²) in [6.07, 6.45) is 3.26. The number of amides is 1. The van der Waals surface area contributed by atoms with E-state index in [1.807, 2.05) is 11.8 Å². The number of benzene rings is 2. The van der Waals surface area contributed by atoms with Gasteiger partial charge < -0.3 is 9.64 Å². The number of carbonyl (C=O) groups is 1. The Kier molecular flexibility index (Phi) is 5.97. The number of hydrogen-bond acceptors (Lipinski definition) is 2. The number of hydrogen-bond donors (Lipinski definition) is 0. The molecule has 0 unspecified atom stereocenters. The zero-order chi connectivity index (χ0) is 18.5. The fourth-order valence-corrected chi connectivity index (χ4v) is 3.71. The quantitative estimate of drug-likeness (QED) is 0.795. The van der Waals surface area contributed by atoms with Crippen molar-refractivity contribution in [2.24, 2.45) is 5.92 Å². The Morgan fingerprint density at radius 3 is 2.35 bits per heavy atom. The summed E-state index contributed by atoms with van der Waals surface area (Å²) in [5, 5.41) is 0. The van der Waals surface area contributed by atoms with Crippen LogP contribution in [0.5, 0.6) is 5.75 Å². The first-order valence-corrected chi connectivity index (χ1v) is 9.56. The van der Waals surface area contributed by atoms with Gasteiger partial charge >= 0.3 is 0 Å². The van der Waals surface area contributed by atoms with Gasteiger partial charge in [0, 0.05) is 13.1 Å². The summed E-state index contributed by atoms with van der Waals surface area (Å²) in [6, 6.07) is 14.8. The molecule has 0 aromatic heterocycles. The molecule has 0 bridgehead atoms. The molecule has 2 aromatic rings. The lowest BCUT2D eigenvalue weighted by atomic mass is 9.90. The topological polar surface area (TPSA) is 29.5 Å². The van der Waals surface area contributed by atoms with Crippen molar-refractivity contribution in [2.75, 3.05) is 19.7 Å². The van der Waals surface area contributed by atoms with Crippen LogP contribution in [0.2, 0.25) is 0 Å². The number of ether oxygens (including phenoxy) is 1. The second-order valence-corrected chi connectivity index (χ2v) is 7.46. The van der Waals surface area contributed by atoms with Gasteiger partial charge in [-0.2, -0.15) is 0 Å². The summed E-state index contributed by atoms with van der Waals surface area (Å²) in [5.74, 6) is 1.63. The monoisotopic (exact) mass is 351 g/mol. The number of carbonyl (C=O) groups excluding carboxylic acids is 1. The van der Waals surface area contributed by atoms with Gasteiger partial charge in [-0.05, 0) is 68.2 Å². The molecule has 3 nitrogen and oxygen atoms in total. The molecule has 26 heavy (non-hydrogen) atoms. The van der Waals surface area contributed by atoms with E-state index in [4.69, 9.17) is 4.74 Å². The third kappa shape index (κ3) is 4.46. The van der Waals surface area contributed by atoms with Gasteiger partial charge in [0.05, 0.1) is 0 Å². The normalized spacial score (nSPS) is 15.1. The minimum atomic E-state index is 0.100. The summed E-state index contributed by atoms with van der Waals surface area (Å²) in [6.45, 7) is 7.96. The van der Waals surface area contributed by atoms with Crippen molar-refractivity contribution >= 4 is 5.91 Å². The number of aryl methyl sites for hydroxylation is 2. The molecule has 2 aromatic carbocycles. The van der Waals surface area contributed by atoms with Crippen molar-refractivity contribution in [3.63, 3.8) is 0 Å². The molecule has 1 heterocycles. The summed E-state index contributed by atoms with van der Waals surface area (Å²) in [5.41, 5.74) is 4.80. The summed E-state index contributed by atoms with van der Waals surface area (Å²) < 4.78 is 5.89. The standard InChI is InChI=1S/C23H29NO2/c1-17-9-10-18(2)23(19(17)3)26-16-22(25)24-13-11-21(12-14-24)15-20-7-5-4-6-8-20/h4-10,21H,11-16H2,1-3H3. The average molecular weight is 351 g/mol. The maximum Gasteiger partial charge on any atom is 0.260 e. The molecular weight excluding hydrogens is 322 g/mol. The Labute approximate surface area is 157 Å². The van der Waals surface area contributed by atoms with Gasteiger partial charge in [-0.3, -0.25) is 4.79 Å². The molecule has 3 heteroatoms. The van der Waals surface area contributed by atoms with Crippen molar-refractivity contribution in [2.45, 2.75) is 40.0 Å². The van der Waals surface area contributed by atoms with Crippen LogP contribution in [0.15, 0.2) is 42.5 Å². The van der Waals surface area contributed by atoms with Crippen LogP contribution in [0.1, 0.15) is 35.1 Å². The zero-order valence-corrected chi connectivity index (χ0v) is 16.1. The van der Waals surface area contributed by atoms with E-state index in [0.717, 1.165) is 49.2 Å². The van der Waals surface area contributed by atoms with Crippen molar-refractivity contribution < 1.29 is 9.53 Å². The van der Waals surface area contributed by atoms with Crippen LogP contribution in [0.3, 0.4) is 0 Å². The highest BCUT2D eigenvalue weighted by Gasteiger charge is 2.23. The molecule has 1 fully saturated rings. The molecule has 1 saturated heterocycles. The van der Waals surface area contributed by atoms with Crippen molar-refractivity contribution in [3.8, 4) is 5.75 Å². The van der Waals surface area contributed by atoms with Crippen LogP contribution in [-0.4, -0.2) is 30.5 Å². The highest BCUT2D eigenvalue weighted by Crippen LogP contribution is 2.26. The van der Waals surface area contributed by atoms with E-state index < -0.39 is 0 Å². The molecule has 0 radical (unpaired) electrons. The first-order valence-electron chi connectivity index (χ1n) is 9.56. The van der Waals surface area contributed by atoms with Gasteiger partial charge in [0.15, 0.2) is 6.61 Å². The van der Waals surface area contributed by atoms with E-state index in [9.17, 15) is 4.79 Å². The zero-order valence-electron chi connectivity index (χ0n) is 16.1. The minimum Gasteiger partial charge on any atom is -0.483 e. The van der Waals surface area contributed by atoms with Crippen LogP contribution in [0.4, 0.5) is 0 Å². The SMILES string of the molecule is Cc1ccc(C)c(OCC(=O)N2CCC(Cc3ccccc3)CC2)c1C. The number of likely N-dealkylation sites (tertiary alicyclic amines) is 1. The van der Waals surface area contributed by atoms with Gasteiger partial charge in [0.25, 0.3) is 5.91 Å². The van der Waals surface area contributed by atoms with E-state index in [1.165, 1.54) is 11.1 Å². The number of rotatable bonds is 5.